The Morgan fingerprint density at radius 2 is 2.12 bits per heavy atom. The van der Waals surface area contributed by atoms with Crippen molar-refractivity contribution in [1.29, 1.82) is 0 Å². The molecule has 3 N–H and O–H groups in total. The van der Waals surface area contributed by atoms with Crippen molar-refractivity contribution in [2.24, 2.45) is 10.7 Å². The van der Waals surface area contributed by atoms with Crippen molar-refractivity contribution < 1.29 is 4.74 Å². The van der Waals surface area contributed by atoms with Gasteiger partial charge in [0.2, 0.25) is 0 Å². The Morgan fingerprint density at radius 1 is 1.31 bits per heavy atom. The molecule has 26 heavy (non-hydrogen) atoms. The fourth-order valence-corrected chi connectivity index (χ4v) is 4.24. The average molecular weight is 486 g/mol. The van der Waals surface area contributed by atoms with Crippen LogP contribution in [0.3, 0.4) is 0 Å². The maximum atomic E-state index is 6.01. The summed E-state index contributed by atoms with van der Waals surface area (Å²) < 4.78 is 5.21. The Balaban J connectivity index is 0.00000243. The third-order valence-corrected chi connectivity index (χ3v) is 5.52. The number of nitrogens with two attached hydrogens (primary N) is 1. The summed E-state index contributed by atoms with van der Waals surface area (Å²) >= 11 is 1.88. The molecule has 3 rings (SSSR count). The average Bonchev–Trinajstić information content (AvgIpc) is 3.03. The number of aromatic nitrogens is 1. The Hall–Kier alpha value is -1.19. The number of anilines is 1. The minimum Gasteiger partial charge on any atom is -0.380 e. The van der Waals surface area contributed by atoms with Gasteiger partial charge >= 0.3 is 0 Å². The highest BCUT2D eigenvalue weighted by Crippen LogP contribution is 2.27. The van der Waals surface area contributed by atoms with Crippen LogP contribution in [0.5, 0.6) is 0 Å². The van der Waals surface area contributed by atoms with E-state index in [0.717, 1.165) is 30.5 Å². The first kappa shape index (κ1) is 21.1. The first-order valence-corrected chi connectivity index (χ1v) is 9.69. The predicted molar refractivity (Wildman–Crippen MR) is 120 cm³/mol. The molecular weight excluding hydrogens is 459 g/mol. The van der Waals surface area contributed by atoms with Crippen LogP contribution in [0.1, 0.15) is 40.4 Å². The second kappa shape index (κ2) is 10.8. The van der Waals surface area contributed by atoms with Gasteiger partial charge in [-0.25, -0.2) is 4.98 Å². The summed E-state index contributed by atoms with van der Waals surface area (Å²) in [4.78, 5) is 10.7. The molecule has 142 valence electrons. The molecule has 0 saturated heterocycles. The number of thiazole rings is 1. The molecule has 1 aliphatic rings. The van der Waals surface area contributed by atoms with Crippen molar-refractivity contribution in [1.82, 2.24) is 4.98 Å². The fraction of sp³-hybridized carbons (Fsp3) is 0.474. The van der Waals surface area contributed by atoms with Crippen molar-refractivity contribution >= 4 is 47.0 Å². The zero-order valence-electron chi connectivity index (χ0n) is 15.2. The van der Waals surface area contributed by atoms with Crippen molar-refractivity contribution in [2.75, 3.05) is 19.0 Å². The van der Waals surface area contributed by atoms with Gasteiger partial charge in [0.1, 0.15) is 0 Å². The van der Waals surface area contributed by atoms with E-state index in [-0.39, 0.29) is 24.0 Å². The number of guanidine groups is 1. The summed E-state index contributed by atoms with van der Waals surface area (Å²) in [5, 5.41) is 4.42. The topological polar surface area (TPSA) is 72.5 Å². The van der Waals surface area contributed by atoms with E-state index >= 15 is 0 Å². The highest BCUT2D eigenvalue weighted by molar-refractivity contribution is 14.0. The lowest BCUT2D eigenvalue weighted by atomic mass is 10.0. The Morgan fingerprint density at radius 3 is 2.92 bits per heavy atom. The molecule has 0 fully saturated rings. The number of methoxy groups -OCH3 is 1. The van der Waals surface area contributed by atoms with Gasteiger partial charge < -0.3 is 15.8 Å². The van der Waals surface area contributed by atoms with Gasteiger partial charge in [-0.3, -0.25) is 4.99 Å². The fourth-order valence-electron chi connectivity index (χ4n) is 3.04. The largest absolute Gasteiger partial charge is 0.380 e. The van der Waals surface area contributed by atoms with Crippen molar-refractivity contribution in [3.05, 3.63) is 45.4 Å². The first-order valence-electron chi connectivity index (χ1n) is 8.87. The second-order valence-electron chi connectivity index (χ2n) is 6.27. The van der Waals surface area contributed by atoms with E-state index in [1.54, 1.807) is 7.11 Å². The van der Waals surface area contributed by atoms with Crippen LogP contribution in [0.25, 0.3) is 0 Å². The van der Waals surface area contributed by atoms with Crippen molar-refractivity contribution in [2.45, 2.75) is 45.1 Å². The van der Waals surface area contributed by atoms with Gasteiger partial charge in [-0.1, -0.05) is 18.2 Å². The minimum atomic E-state index is 0. The molecule has 2 aromatic rings. The third kappa shape index (κ3) is 5.92. The van der Waals surface area contributed by atoms with Crippen LogP contribution in [0.15, 0.2) is 29.3 Å². The van der Waals surface area contributed by atoms with Crippen LogP contribution in [-0.2, 0) is 30.6 Å². The van der Waals surface area contributed by atoms with E-state index in [9.17, 15) is 0 Å². The summed E-state index contributed by atoms with van der Waals surface area (Å²) in [5.74, 6) is 0.446. The van der Waals surface area contributed by atoms with E-state index < -0.39 is 0 Å². The molecule has 1 aliphatic carbocycles. The summed E-state index contributed by atoms with van der Waals surface area (Å²) in [6.45, 7) is 1.25. The van der Waals surface area contributed by atoms with E-state index in [1.807, 2.05) is 35.6 Å². The smallest absolute Gasteiger partial charge is 0.193 e. The highest BCUT2D eigenvalue weighted by atomic mass is 127. The second-order valence-corrected chi connectivity index (χ2v) is 7.44. The van der Waals surface area contributed by atoms with Crippen LogP contribution in [-0.4, -0.2) is 24.6 Å². The van der Waals surface area contributed by atoms with Crippen molar-refractivity contribution in [3.8, 4) is 0 Å². The predicted octanol–water partition coefficient (Wildman–Crippen LogP) is 4.15. The highest BCUT2D eigenvalue weighted by Gasteiger charge is 2.14. The SMILES string of the molecule is COCc1ccccc1NC(N)=NCCCc1nc2c(s1)CCCC2.I. The number of nitrogens with one attached hydrogen (secondary N) is 1. The molecule has 0 spiro atoms. The van der Waals surface area contributed by atoms with Gasteiger partial charge in [0, 0.05) is 36.2 Å². The lowest BCUT2D eigenvalue weighted by Gasteiger charge is -2.10. The Bertz CT molecular complexity index is 709. The monoisotopic (exact) mass is 486 g/mol. The van der Waals surface area contributed by atoms with Crippen LogP contribution in [0.2, 0.25) is 0 Å². The number of fused-ring (bicyclic) bond motifs is 1. The molecule has 0 aliphatic heterocycles. The number of aryl methyl sites for hydroxylation is 3. The maximum Gasteiger partial charge on any atom is 0.193 e. The number of rotatable bonds is 7. The molecule has 0 amide bonds. The van der Waals surface area contributed by atoms with Crippen LogP contribution in [0.4, 0.5) is 5.69 Å². The van der Waals surface area contributed by atoms with Gasteiger partial charge in [-0.15, -0.1) is 35.3 Å². The molecule has 1 aromatic heterocycles. The number of para-hydroxylation sites is 1. The number of nitrogens with zero attached hydrogens (tertiary/aromatic N) is 2. The molecule has 0 atom stereocenters. The Kier molecular flexibility index (Phi) is 8.80. The molecule has 0 saturated carbocycles. The third-order valence-electron chi connectivity index (χ3n) is 4.30. The van der Waals surface area contributed by atoms with Gasteiger partial charge in [-0.05, 0) is 38.2 Å². The van der Waals surface area contributed by atoms with Crippen LogP contribution in [0, 0.1) is 0 Å². The van der Waals surface area contributed by atoms with Crippen LogP contribution < -0.4 is 11.1 Å². The lowest BCUT2D eigenvalue weighted by molar-refractivity contribution is 0.185. The molecule has 7 heteroatoms. The normalized spacial score (nSPS) is 13.8. The molecule has 1 aromatic carbocycles. The quantitative estimate of drug-likeness (QED) is 0.267. The minimum absolute atomic E-state index is 0. The molecular formula is C19H27IN4OS. The zero-order valence-corrected chi connectivity index (χ0v) is 18.3. The summed E-state index contributed by atoms with van der Waals surface area (Å²) in [7, 11) is 1.69. The number of hydrogen-bond acceptors (Lipinski definition) is 4. The molecule has 1 heterocycles. The molecule has 5 nitrogen and oxygen atoms in total. The molecule has 0 bridgehead atoms. The summed E-state index contributed by atoms with van der Waals surface area (Å²) in [6.07, 6.45) is 6.91. The number of aliphatic imine (C=N–C) groups is 1. The standard InChI is InChI=1S/C19H26N4OS.HI/c1-24-13-14-7-2-3-8-15(14)23-19(20)21-12-6-11-18-22-16-9-4-5-10-17(16)25-18;/h2-3,7-8H,4-6,9-13H2,1H3,(H3,20,21,23);1H. The van der Waals surface area contributed by atoms with Gasteiger partial charge in [0.15, 0.2) is 5.96 Å². The van der Waals surface area contributed by atoms with Crippen LogP contribution >= 0.6 is 35.3 Å². The van der Waals surface area contributed by atoms with Crippen molar-refractivity contribution in [3.63, 3.8) is 0 Å². The maximum absolute atomic E-state index is 6.01. The van der Waals surface area contributed by atoms with Gasteiger partial charge in [0.25, 0.3) is 0 Å². The molecule has 0 unspecified atom stereocenters. The van der Waals surface area contributed by atoms with E-state index in [0.29, 0.717) is 19.1 Å². The van der Waals surface area contributed by atoms with E-state index in [1.165, 1.54) is 34.8 Å². The van der Waals surface area contributed by atoms with Gasteiger partial charge in [-0.2, -0.15) is 0 Å². The summed E-state index contributed by atoms with van der Waals surface area (Å²) in [5.41, 5.74) is 9.36. The first-order chi connectivity index (χ1) is 12.3. The molecule has 0 radical (unpaired) electrons. The number of hydrogen-bond donors (Lipinski definition) is 2. The number of benzene rings is 1. The zero-order chi connectivity index (χ0) is 17.5. The summed E-state index contributed by atoms with van der Waals surface area (Å²) in [6, 6.07) is 7.96. The van der Waals surface area contributed by atoms with E-state index in [2.05, 4.69) is 10.3 Å². The Labute approximate surface area is 176 Å². The lowest BCUT2D eigenvalue weighted by Crippen LogP contribution is -2.23. The van der Waals surface area contributed by atoms with Gasteiger partial charge in [0.05, 0.1) is 17.3 Å². The number of ether oxygens (including phenoxy) is 1. The van der Waals surface area contributed by atoms with E-state index in [4.69, 9.17) is 15.5 Å². The number of halogens is 1.